The summed E-state index contributed by atoms with van der Waals surface area (Å²) in [6, 6.07) is 10.4. The summed E-state index contributed by atoms with van der Waals surface area (Å²) in [6.45, 7) is 1.70. The summed E-state index contributed by atoms with van der Waals surface area (Å²) >= 11 is 0. The second-order valence-electron chi connectivity index (χ2n) is 4.11. The van der Waals surface area contributed by atoms with Gasteiger partial charge in [0.1, 0.15) is 0 Å². The van der Waals surface area contributed by atoms with E-state index in [0.717, 1.165) is 26.1 Å². The van der Waals surface area contributed by atoms with Gasteiger partial charge in [-0.2, -0.15) is 5.26 Å². The molecule has 2 rings (SSSR count). The molecule has 0 saturated carbocycles. The first-order valence-corrected chi connectivity index (χ1v) is 5.62. The zero-order chi connectivity index (χ0) is 11.4. The smallest absolute Gasteiger partial charge is 0.0991 e. The van der Waals surface area contributed by atoms with Gasteiger partial charge in [-0.05, 0) is 37.1 Å². The van der Waals surface area contributed by atoms with E-state index in [1.165, 1.54) is 5.69 Å². The van der Waals surface area contributed by atoms with Crippen LogP contribution < -0.4 is 4.90 Å². The van der Waals surface area contributed by atoms with Crippen molar-refractivity contribution >= 4 is 5.69 Å². The third kappa shape index (κ3) is 2.34. The van der Waals surface area contributed by atoms with Gasteiger partial charge in [0.05, 0.1) is 11.6 Å². The Hall–Kier alpha value is -1.53. The molecule has 0 bridgehead atoms. The van der Waals surface area contributed by atoms with E-state index in [-0.39, 0.29) is 0 Å². The van der Waals surface area contributed by atoms with Crippen LogP contribution in [0.3, 0.4) is 0 Å². The molecule has 0 radical (unpaired) electrons. The van der Waals surface area contributed by atoms with E-state index in [1.807, 2.05) is 24.3 Å². The second-order valence-corrected chi connectivity index (χ2v) is 4.11. The average molecular weight is 216 g/mol. The van der Waals surface area contributed by atoms with Crippen molar-refractivity contribution in [3.8, 4) is 6.07 Å². The van der Waals surface area contributed by atoms with E-state index in [9.17, 15) is 0 Å². The fraction of sp³-hybridized carbons (Fsp3) is 0.462. The first kappa shape index (κ1) is 11.0. The molecule has 3 nitrogen and oxygen atoms in total. The van der Waals surface area contributed by atoms with E-state index >= 15 is 0 Å². The Morgan fingerprint density at radius 1 is 1.25 bits per heavy atom. The molecule has 1 aromatic rings. The molecule has 1 aromatic carbocycles. The van der Waals surface area contributed by atoms with Crippen LogP contribution in [-0.4, -0.2) is 26.3 Å². The molecular formula is C13H16N2O. The van der Waals surface area contributed by atoms with Gasteiger partial charge in [-0.15, -0.1) is 0 Å². The zero-order valence-corrected chi connectivity index (χ0v) is 9.52. The first-order valence-electron chi connectivity index (χ1n) is 5.62. The Kier molecular flexibility index (Phi) is 3.43. The minimum absolute atomic E-state index is 0.557. The van der Waals surface area contributed by atoms with Gasteiger partial charge >= 0.3 is 0 Å². The summed E-state index contributed by atoms with van der Waals surface area (Å²) in [5.41, 5.74) is 1.88. The number of hydrogen-bond donors (Lipinski definition) is 0. The quantitative estimate of drug-likeness (QED) is 0.760. The molecule has 0 unspecified atom stereocenters. The summed E-state index contributed by atoms with van der Waals surface area (Å²) in [5, 5.41) is 8.74. The van der Waals surface area contributed by atoms with E-state index in [1.54, 1.807) is 0 Å². The lowest BCUT2D eigenvalue weighted by Gasteiger charge is -2.32. The molecule has 0 N–H and O–H groups in total. The highest BCUT2D eigenvalue weighted by atomic mass is 16.5. The number of benzene rings is 1. The minimum atomic E-state index is 0.557. The maximum Gasteiger partial charge on any atom is 0.0991 e. The lowest BCUT2D eigenvalue weighted by Crippen LogP contribution is -2.36. The van der Waals surface area contributed by atoms with Crippen molar-refractivity contribution in [2.45, 2.75) is 18.9 Å². The maximum absolute atomic E-state index is 8.74. The van der Waals surface area contributed by atoms with Crippen molar-refractivity contribution in [1.82, 2.24) is 0 Å². The molecule has 1 aliphatic heterocycles. The number of hydrogen-bond acceptors (Lipinski definition) is 3. The first-order chi connectivity index (χ1) is 7.81. The van der Waals surface area contributed by atoms with Crippen molar-refractivity contribution in [2.24, 2.45) is 0 Å². The van der Waals surface area contributed by atoms with Crippen molar-refractivity contribution in [3.05, 3.63) is 29.8 Å². The fourth-order valence-corrected chi connectivity index (χ4v) is 2.05. The molecule has 1 saturated heterocycles. The van der Waals surface area contributed by atoms with Crippen LogP contribution >= 0.6 is 0 Å². The van der Waals surface area contributed by atoms with Crippen molar-refractivity contribution in [1.29, 1.82) is 5.26 Å². The van der Waals surface area contributed by atoms with Crippen LogP contribution in [-0.2, 0) is 4.74 Å². The van der Waals surface area contributed by atoms with Gasteiger partial charge in [-0.25, -0.2) is 0 Å². The predicted molar refractivity (Wildman–Crippen MR) is 63.4 cm³/mol. The SMILES string of the molecule is CN(c1ccc(C#N)cc1)C1CCOCC1. The Balaban J connectivity index is 2.07. The topological polar surface area (TPSA) is 36.3 Å². The maximum atomic E-state index is 8.74. The highest BCUT2D eigenvalue weighted by Crippen LogP contribution is 2.21. The van der Waals surface area contributed by atoms with Crippen molar-refractivity contribution in [3.63, 3.8) is 0 Å². The van der Waals surface area contributed by atoms with Gasteiger partial charge in [-0.1, -0.05) is 0 Å². The van der Waals surface area contributed by atoms with Gasteiger partial charge in [0, 0.05) is 32.0 Å². The minimum Gasteiger partial charge on any atom is -0.381 e. The summed E-state index contributed by atoms with van der Waals surface area (Å²) in [5.74, 6) is 0. The molecule has 0 aromatic heterocycles. The Morgan fingerprint density at radius 3 is 2.44 bits per heavy atom. The van der Waals surface area contributed by atoms with Crippen LogP contribution in [0.5, 0.6) is 0 Å². The van der Waals surface area contributed by atoms with E-state index in [2.05, 4.69) is 18.0 Å². The molecule has 1 fully saturated rings. The van der Waals surface area contributed by atoms with Gasteiger partial charge in [0.25, 0.3) is 0 Å². The van der Waals surface area contributed by atoms with Crippen LogP contribution in [0.15, 0.2) is 24.3 Å². The molecule has 0 amide bonds. The normalized spacial score (nSPS) is 16.8. The molecular weight excluding hydrogens is 200 g/mol. The van der Waals surface area contributed by atoms with Crippen LogP contribution in [0.25, 0.3) is 0 Å². The van der Waals surface area contributed by atoms with Gasteiger partial charge < -0.3 is 9.64 Å². The van der Waals surface area contributed by atoms with Crippen LogP contribution in [0.1, 0.15) is 18.4 Å². The highest BCUT2D eigenvalue weighted by molar-refractivity contribution is 5.49. The summed E-state index contributed by atoms with van der Waals surface area (Å²) in [7, 11) is 2.11. The van der Waals surface area contributed by atoms with E-state index < -0.39 is 0 Å². The molecule has 0 atom stereocenters. The molecule has 1 aliphatic rings. The number of rotatable bonds is 2. The molecule has 0 spiro atoms. The summed E-state index contributed by atoms with van der Waals surface area (Å²) < 4.78 is 5.35. The molecule has 0 aliphatic carbocycles. The Labute approximate surface area is 96.2 Å². The van der Waals surface area contributed by atoms with Crippen molar-refractivity contribution in [2.75, 3.05) is 25.2 Å². The highest BCUT2D eigenvalue weighted by Gasteiger charge is 2.18. The lowest BCUT2D eigenvalue weighted by molar-refractivity contribution is 0.0855. The summed E-state index contributed by atoms with van der Waals surface area (Å²) in [4.78, 5) is 2.28. The van der Waals surface area contributed by atoms with E-state index in [4.69, 9.17) is 10.00 Å². The number of ether oxygens (including phenoxy) is 1. The molecule has 16 heavy (non-hydrogen) atoms. The Morgan fingerprint density at radius 2 is 1.88 bits per heavy atom. The van der Waals surface area contributed by atoms with Crippen LogP contribution in [0, 0.1) is 11.3 Å². The fourth-order valence-electron chi connectivity index (χ4n) is 2.05. The van der Waals surface area contributed by atoms with Gasteiger partial charge in [0.15, 0.2) is 0 Å². The standard InChI is InChI=1S/C13H16N2O/c1-15(13-6-8-16-9-7-13)12-4-2-11(10-14)3-5-12/h2-5,13H,6-9H2,1H3. The largest absolute Gasteiger partial charge is 0.381 e. The third-order valence-corrected chi connectivity index (χ3v) is 3.14. The third-order valence-electron chi connectivity index (χ3n) is 3.14. The number of nitrogens with zero attached hydrogens (tertiary/aromatic N) is 2. The summed E-state index contributed by atoms with van der Waals surface area (Å²) in [6.07, 6.45) is 2.16. The molecule has 1 heterocycles. The number of nitriles is 1. The van der Waals surface area contributed by atoms with Gasteiger partial charge in [0.2, 0.25) is 0 Å². The second kappa shape index (κ2) is 5.00. The average Bonchev–Trinajstić information content (AvgIpc) is 2.39. The van der Waals surface area contributed by atoms with Gasteiger partial charge in [-0.3, -0.25) is 0 Å². The number of anilines is 1. The van der Waals surface area contributed by atoms with E-state index in [0.29, 0.717) is 11.6 Å². The van der Waals surface area contributed by atoms with Crippen LogP contribution in [0.4, 0.5) is 5.69 Å². The molecule has 84 valence electrons. The molecule has 3 heteroatoms. The monoisotopic (exact) mass is 216 g/mol. The lowest BCUT2D eigenvalue weighted by atomic mass is 10.1. The predicted octanol–water partition coefficient (Wildman–Crippen LogP) is 2.17. The van der Waals surface area contributed by atoms with Crippen molar-refractivity contribution < 1.29 is 4.74 Å². The Bertz CT molecular complexity index is 374. The van der Waals surface area contributed by atoms with Crippen LogP contribution in [0.2, 0.25) is 0 Å². The zero-order valence-electron chi connectivity index (χ0n) is 9.52.